The summed E-state index contributed by atoms with van der Waals surface area (Å²) >= 11 is 0. The zero-order chi connectivity index (χ0) is 10.7. The summed E-state index contributed by atoms with van der Waals surface area (Å²) in [5.41, 5.74) is 0.546. The van der Waals surface area contributed by atoms with E-state index in [2.05, 4.69) is 5.10 Å². The summed E-state index contributed by atoms with van der Waals surface area (Å²) < 4.78 is 0. The second-order valence-electron chi connectivity index (χ2n) is 2.73. The Balaban J connectivity index is 3.34. The first kappa shape index (κ1) is 9.97. The molecule has 14 heavy (non-hydrogen) atoms. The predicted octanol–water partition coefficient (Wildman–Crippen LogP) is 0.901. The zero-order valence-corrected chi connectivity index (χ0v) is 7.47. The molecule has 0 fully saturated rings. The first-order valence-electron chi connectivity index (χ1n) is 3.77. The monoisotopic (exact) mass is 195 g/mol. The average Bonchev–Trinajstić information content (AvgIpc) is 2.09. The van der Waals surface area contributed by atoms with E-state index in [-0.39, 0.29) is 17.0 Å². The fourth-order valence-electron chi connectivity index (χ4n) is 1.08. The lowest BCUT2D eigenvalue weighted by Crippen LogP contribution is -1.95. The van der Waals surface area contributed by atoms with Gasteiger partial charge in [-0.3, -0.25) is 10.1 Å². The first-order valence-corrected chi connectivity index (χ1v) is 3.77. The number of nitrogens with two attached hydrogens (primary N) is 1. The Morgan fingerprint density at radius 3 is 2.79 bits per heavy atom. The lowest BCUT2D eigenvalue weighted by Gasteiger charge is -2.01. The molecular weight excluding hydrogens is 186 g/mol. The molecule has 3 N–H and O–H groups in total. The Hall–Kier alpha value is -2.11. The standard InChI is InChI=1S/C8H9N3O3/c1-5-2-8(12)6(4-10-9)3-7(5)11(13)14/h2-4,12H,9H2,1H3. The third-order valence-corrected chi connectivity index (χ3v) is 1.76. The summed E-state index contributed by atoms with van der Waals surface area (Å²) in [6.45, 7) is 1.54. The first-order chi connectivity index (χ1) is 6.56. The van der Waals surface area contributed by atoms with Crippen molar-refractivity contribution in [3.63, 3.8) is 0 Å². The van der Waals surface area contributed by atoms with Crippen LogP contribution in [0.1, 0.15) is 11.1 Å². The van der Waals surface area contributed by atoms with Crippen LogP contribution in [0.3, 0.4) is 0 Å². The molecule has 0 radical (unpaired) electrons. The molecule has 6 heteroatoms. The largest absolute Gasteiger partial charge is 0.507 e. The van der Waals surface area contributed by atoms with Gasteiger partial charge < -0.3 is 10.9 Å². The smallest absolute Gasteiger partial charge is 0.273 e. The quantitative estimate of drug-likeness (QED) is 0.316. The van der Waals surface area contributed by atoms with E-state index in [0.717, 1.165) is 6.21 Å². The van der Waals surface area contributed by atoms with Gasteiger partial charge in [-0.1, -0.05) is 0 Å². The lowest BCUT2D eigenvalue weighted by atomic mass is 10.1. The maximum atomic E-state index is 10.5. The number of nitro benzene ring substituents is 1. The lowest BCUT2D eigenvalue weighted by molar-refractivity contribution is -0.385. The number of hydrogen-bond acceptors (Lipinski definition) is 5. The molecular formula is C8H9N3O3. The van der Waals surface area contributed by atoms with Gasteiger partial charge in [-0.15, -0.1) is 0 Å². The maximum absolute atomic E-state index is 10.5. The molecule has 0 saturated carbocycles. The van der Waals surface area contributed by atoms with E-state index in [4.69, 9.17) is 5.84 Å². The molecule has 0 unspecified atom stereocenters. The molecule has 0 bridgehead atoms. The summed E-state index contributed by atoms with van der Waals surface area (Å²) in [4.78, 5) is 10.0. The van der Waals surface area contributed by atoms with Gasteiger partial charge in [-0.25, -0.2) is 0 Å². The van der Waals surface area contributed by atoms with E-state index in [9.17, 15) is 15.2 Å². The van der Waals surface area contributed by atoms with Crippen LogP contribution in [0, 0.1) is 17.0 Å². The predicted molar refractivity (Wildman–Crippen MR) is 51.3 cm³/mol. The third-order valence-electron chi connectivity index (χ3n) is 1.76. The highest BCUT2D eigenvalue weighted by molar-refractivity contribution is 5.84. The van der Waals surface area contributed by atoms with Crippen LogP contribution in [0.5, 0.6) is 5.75 Å². The van der Waals surface area contributed by atoms with Gasteiger partial charge in [0.05, 0.1) is 11.1 Å². The SMILES string of the molecule is Cc1cc(O)c(C=NN)cc1[N+](=O)[O-]. The van der Waals surface area contributed by atoms with Gasteiger partial charge in [0.1, 0.15) is 5.75 Å². The number of hydrazone groups is 1. The van der Waals surface area contributed by atoms with Crippen LogP contribution in [0.4, 0.5) is 5.69 Å². The Labute approximate surface area is 79.8 Å². The number of aryl methyl sites for hydroxylation is 1. The number of hydrogen-bond donors (Lipinski definition) is 2. The van der Waals surface area contributed by atoms with Crippen molar-refractivity contribution in [2.24, 2.45) is 10.9 Å². The van der Waals surface area contributed by atoms with Gasteiger partial charge in [0, 0.05) is 17.2 Å². The zero-order valence-electron chi connectivity index (χ0n) is 7.47. The normalized spacial score (nSPS) is 10.6. The molecule has 74 valence electrons. The minimum Gasteiger partial charge on any atom is -0.507 e. The summed E-state index contributed by atoms with van der Waals surface area (Å²) in [5.74, 6) is 4.80. The number of nitrogens with zero attached hydrogens (tertiary/aromatic N) is 2. The van der Waals surface area contributed by atoms with Gasteiger partial charge in [0.15, 0.2) is 0 Å². The van der Waals surface area contributed by atoms with Crippen LogP contribution in [0.25, 0.3) is 0 Å². The highest BCUT2D eigenvalue weighted by Crippen LogP contribution is 2.25. The number of benzene rings is 1. The number of phenolic OH excluding ortho intramolecular Hbond substituents is 1. The fraction of sp³-hybridized carbons (Fsp3) is 0.125. The van der Waals surface area contributed by atoms with Crippen molar-refractivity contribution in [3.8, 4) is 5.75 Å². The van der Waals surface area contributed by atoms with E-state index in [1.165, 1.54) is 12.1 Å². The maximum Gasteiger partial charge on any atom is 0.273 e. The van der Waals surface area contributed by atoms with Crippen LogP contribution >= 0.6 is 0 Å². The number of aromatic hydroxyl groups is 1. The van der Waals surface area contributed by atoms with Crippen LogP contribution in [0.15, 0.2) is 17.2 Å². The molecule has 0 amide bonds. The Morgan fingerprint density at radius 1 is 1.64 bits per heavy atom. The van der Waals surface area contributed by atoms with Gasteiger partial charge in [-0.2, -0.15) is 5.10 Å². The summed E-state index contributed by atoms with van der Waals surface area (Å²) in [6, 6.07) is 2.52. The molecule has 0 aliphatic carbocycles. The third kappa shape index (κ3) is 1.79. The van der Waals surface area contributed by atoms with E-state index in [0.29, 0.717) is 5.56 Å². The molecule has 0 saturated heterocycles. The van der Waals surface area contributed by atoms with Crippen molar-refractivity contribution in [1.82, 2.24) is 0 Å². The summed E-state index contributed by atoms with van der Waals surface area (Å²) in [7, 11) is 0. The minimum absolute atomic E-state index is 0.0716. The highest BCUT2D eigenvalue weighted by atomic mass is 16.6. The topological polar surface area (TPSA) is 102 Å². The molecule has 6 nitrogen and oxygen atoms in total. The van der Waals surface area contributed by atoms with Crippen molar-refractivity contribution in [3.05, 3.63) is 33.4 Å². The van der Waals surface area contributed by atoms with Crippen molar-refractivity contribution in [1.29, 1.82) is 0 Å². The van der Waals surface area contributed by atoms with Crippen molar-refractivity contribution < 1.29 is 10.0 Å². The number of phenols is 1. The van der Waals surface area contributed by atoms with E-state index in [1.54, 1.807) is 6.92 Å². The van der Waals surface area contributed by atoms with E-state index >= 15 is 0 Å². The second-order valence-corrected chi connectivity index (χ2v) is 2.73. The molecule has 0 aliphatic rings. The Morgan fingerprint density at radius 2 is 2.29 bits per heavy atom. The van der Waals surface area contributed by atoms with Crippen molar-refractivity contribution in [2.75, 3.05) is 0 Å². The highest BCUT2D eigenvalue weighted by Gasteiger charge is 2.13. The van der Waals surface area contributed by atoms with Gasteiger partial charge >= 0.3 is 0 Å². The summed E-state index contributed by atoms with van der Waals surface area (Å²) in [6.07, 6.45) is 1.15. The molecule has 1 aromatic carbocycles. The molecule has 0 heterocycles. The van der Waals surface area contributed by atoms with Crippen LogP contribution < -0.4 is 5.84 Å². The number of rotatable bonds is 2. The second kappa shape index (κ2) is 3.73. The van der Waals surface area contributed by atoms with E-state index < -0.39 is 4.92 Å². The number of nitro groups is 1. The van der Waals surface area contributed by atoms with Gasteiger partial charge in [0.2, 0.25) is 0 Å². The molecule has 1 aromatic rings. The fourth-order valence-corrected chi connectivity index (χ4v) is 1.08. The summed E-state index contributed by atoms with van der Waals surface area (Å²) in [5, 5.41) is 23.1. The van der Waals surface area contributed by atoms with Crippen LogP contribution in [-0.4, -0.2) is 16.2 Å². The van der Waals surface area contributed by atoms with Crippen molar-refractivity contribution in [2.45, 2.75) is 6.92 Å². The molecule has 0 aromatic heterocycles. The van der Waals surface area contributed by atoms with Crippen molar-refractivity contribution >= 4 is 11.9 Å². The van der Waals surface area contributed by atoms with Crippen LogP contribution in [0.2, 0.25) is 0 Å². The Bertz CT molecular complexity index is 401. The van der Waals surface area contributed by atoms with Crippen LogP contribution in [-0.2, 0) is 0 Å². The average molecular weight is 195 g/mol. The van der Waals surface area contributed by atoms with E-state index in [1.807, 2.05) is 0 Å². The minimum atomic E-state index is -0.525. The molecule has 1 rings (SSSR count). The van der Waals surface area contributed by atoms with Gasteiger partial charge in [0.25, 0.3) is 5.69 Å². The van der Waals surface area contributed by atoms with Gasteiger partial charge in [-0.05, 0) is 13.0 Å². The molecule has 0 spiro atoms. The molecule has 0 atom stereocenters. The molecule has 0 aliphatic heterocycles. The Kier molecular flexibility index (Phi) is 2.66.